The van der Waals surface area contributed by atoms with Gasteiger partial charge in [-0.2, -0.15) is 0 Å². The molecule has 0 atom stereocenters. The molecule has 0 aliphatic carbocycles. The molecule has 0 fully saturated rings. The van der Waals surface area contributed by atoms with E-state index >= 15 is 0 Å². The molecule has 0 saturated carbocycles. The summed E-state index contributed by atoms with van der Waals surface area (Å²) in [5.74, 6) is 0. The van der Waals surface area contributed by atoms with Gasteiger partial charge in [-0.1, -0.05) is 43.7 Å². The molecule has 0 unspecified atom stereocenters. The van der Waals surface area contributed by atoms with Crippen LogP contribution in [0.1, 0.15) is 19.0 Å². The summed E-state index contributed by atoms with van der Waals surface area (Å²) in [7, 11) is 1.91. The third kappa shape index (κ3) is 2.37. The summed E-state index contributed by atoms with van der Waals surface area (Å²) < 4.78 is 3.63. The van der Waals surface area contributed by atoms with E-state index < -0.39 is 0 Å². The van der Waals surface area contributed by atoms with E-state index in [0.717, 1.165) is 29.7 Å². The van der Waals surface area contributed by atoms with Gasteiger partial charge in [-0.15, -0.1) is 0 Å². The van der Waals surface area contributed by atoms with Crippen molar-refractivity contribution in [2.24, 2.45) is 7.05 Å². The molecule has 4 rings (SSSR count). The summed E-state index contributed by atoms with van der Waals surface area (Å²) in [6.45, 7) is 2.09. The minimum absolute atomic E-state index is 0.202. The molecule has 0 amide bonds. The molecule has 2 heterocycles. The second-order valence-electron chi connectivity index (χ2n) is 6.53. The van der Waals surface area contributed by atoms with E-state index in [1.807, 2.05) is 66.2 Å². The van der Waals surface area contributed by atoms with Crippen LogP contribution >= 0.6 is 0 Å². The second-order valence-corrected chi connectivity index (χ2v) is 6.53. The van der Waals surface area contributed by atoms with Crippen LogP contribution in [0.25, 0.3) is 27.5 Å². The minimum atomic E-state index is -0.247. The van der Waals surface area contributed by atoms with Crippen molar-refractivity contribution in [3.05, 3.63) is 86.9 Å². The predicted molar refractivity (Wildman–Crippen MR) is 106 cm³/mol. The average Bonchev–Trinajstić information content (AvgIpc) is 2.67. The third-order valence-electron chi connectivity index (χ3n) is 4.88. The van der Waals surface area contributed by atoms with Crippen molar-refractivity contribution < 1.29 is 0 Å². The van der Waals surface area contributed by atoms with Gasteiger partial charge in [0.1, 0.15) is 5.39 Å². The Morgan fingerprint density at radius 2 is 1.58 bits per heavy atom. The fourth-order valence-electron chi connectivity index (χ4n) is 3.65. The van der Waals surface area contributed by atoms with Crippen molar-refractivity contribution in [1.82, 2.24) is 9.13 Å². The maximum absolute atomic E-state index is 13.4. The molecule has 0 aliphatic heterocycles. The molecule has 130 valence electrons. The summed E-state index contributed by atoms with van der Waals surface area (Å²) in [5.41, 5.74) is 2.79. The quantitative estimate of drug-likeness (QED) is 0.531. The van der Waals surface area contributed by atoms with Gasteiger partial charge in [0.25, 0.3) is 5.56 Å². The van der Waals surface area contributed by atoms with Crippen molar-refractivity contribution in [2.45, 2.75) is 19.8 Å². The highest BCUT2D eigenvalue weighted by Crippen LogP contribution is 2.19. The van der Waals surface area contributed by atoms with Crippen LogP contribution in [0.2, 0.25) is 0 Å². The molecule has 2 aromatic heterocycles. The van der Waals surface area contributed by atoms with Gasteiger partial charge in [-0.3, -0.25) is 14.2 Å². The molecule has 0 N–H and O–H groups in total. The zero-order chi connectivity index (χ0) is 18.3. The molecule has 0 bridgehead atoms. The van der Waals surface area contributed by atoms with Gasteiger partial charge >= 0.3 is 0 Å². The third-order valence-corrected chi connectivity index (χ3v) is 4.88. The van der Waals surface area contributed by atoms with E-state index in [1.54, 1.807) is 10.6 Å². The van der Waals surface area contributed by atoms with Gasteiger partial charge in [0.15, 0.2) is 0 Å². The molecule has 4 nitrogen and oxygen atoms in total. The Balaban J connectivity index is 2.23. The molecular weight excluding hydrogens is 324 g/mol. The number of pyridine rings is 2. The van der Waals surface area contributed by atoms with Crippen molar-refractivity contribution >= 4 is 21.8 Å². The number of hydrogen-bond acceptors (Lipinski definition) is 2. The maximum atomic E-state index is 13.4. The Hall–Kier alpha value is -3.14. The lowest BCUT2D eigenvalue weighted by Gasteiger charge is -2.17. The first kappa shape index (κ1) is 16.3. The van der Waals surface area contributed by atoms with Crippen LogP contribution in [0.4, 0.5) is 0 Å². The molecule has 0 radical (unpaired) electrons. The Morgan fingerprint density at radius 3 is 2.31 bits per heavy atom. The number of aromatic nitrogens is 2. The Kier molecular flexibility index (Phi) is 3.96. The average molecular weight is 344 g/mol. The van der Waals surface area contributed by atoms with E-state index in [1.165, 1.54) is 0 Å². The topological polar surface area (TPSA) is 44.0 Å². The van der Waals surface area contributed by atoms with Gasteiger partial charge in [0.2, 0.25) is 5.43 Å². The predicted octanol–water partition coefficient (Wildman–Crippen LogP) is 3.80. The van der Waals surface area contributed by atoms with Gasteiger partial charge in [-0.25, -0.2) is 0 Å². The van der Waals surface area contributed by atoms with E-state index in [9.17, 15) is 9.59 Å². The number of rotatable bonds is 3. The number of nitrogens with zero attached hydrogens (tertiary/aromatic N) is 2. The first-order valence-corrected chi connectivity index (χ1v) is 8.85. The smallest absolute Gasteiger partial charge is 0.268 e. The molecular formula is C22H20N2O2. The first-order valence-electron chi connectivity index (χ1n) is 8.85. The Bertz CT molecular complexity index is 1230. The fourth-order valence-corrected chi connectivity index (χ4v) is 3.65. The van der Waals surface area contributed by atoms with Crippen LogP contribution in [0.5, 0.6) is 0 Å². The highest BCUT2D eigenvalue weighted by atomic mass is 16.1. The Morgan fingerprint density at radius 1 is 0.885 bits per heavy atom. The van der Waals surface area contributed by atoms with Crippen molar-refractivity contribution in [3.8, 4) is 5.69 Å². The van der Waals surface area contributed by atoms with Crippen LogP contribution in [0, 0.1) is 0 Å². The summed E-state index contributed by atoms with van der Waals surface area (Å²) >= 11 is 0. The highest BCUT2D eigenvalue weighted by molar-refractivity contribution is 5.93. The summed E-state index contributed by atoms with van der Waals surface area (Å²) in [6, 6.07) is 18.9. The summed E-state index contributed by atoms with van der Waals surface area (Å²) in [4.78, 5) is 26.5. The van der Waals surface area contributed by atoms with Crippen molar-refractivity contribution in [3.63, 3.8) is 0 Å². The van der Waals surface area contributed by atoms with Gasteiger partial charge in [0.05, 0.1) is 11.0 Å². The zero-order valence-electron chi connectivity index (χ0n) is 14.9. The summed E-state index contributed by atoms with van der Waals surface area (Å²) in [6.07, 6.45) is 1.68. The molecule has 2 aromatic carbocycles. The van der Waals surface area contributed by atoms with E-state index in [-0.39, 0.29) is 16.4 Å². The lowest BCUT2D eigenvalue weighted by molar-refractivity contribution is 0.813. The van der Waals surface area contributed by atoms with Crippen LogP contribution in [-0.4, -0.2) is 9.13 Å². The van der Waals surface area contributed by atoms with E-state index in [4.69, 9.17) is 0 Å². The van der Waals surface area contributed by atoms with E-state index in [0.29, 0.717) is 10.9 Å². The van der Waals surface area contributed by atoms with Gasteiger partial charge in [-0.05, 0) is 36.8 Å². The first-order chi connectivity index (χ1) is 12.6. The SMILES string of the molecule is CCCc1cc2c(c(=O)c3ccccc3n2C)c(=O)n1-c1ccccc1. The minimum Gasteiger partial charge on any atom is -0.343 e. The molecule has 0 spiro atoms. The molecule has 4 aromatic rings. The monoisotopic (exact) mass is 344 g/mol. The lowest BCUT2D eigenvalue weighted by Crippen LogP contribution is -2.28. The molecule has 26 heavy (non-hydrogen) atoms. The molecule has 0 saturated heterocycles. The summed E-state index contributed by atoms with van der Waals surface area (Å²) in [5, 5.41) is 0.817. The fraction of sp³-hybridized carbons (Fsp3) is 0.182. The lowest BCUT2D eigenvalue weighted by atomic mass is 10.1. The van der Waals surface area contributed by atoms with Crippen LogP contribution < -0.4 is 11.0 Å². The van der Waals surface area contributed by atoms with Gasteiger partial charge in [0, 0.05) is 23.8 Å². The zero-order valence-corrected chi connectivity index (χ0v) is 14.9. The highest BCUT2D eigenvalue weighted by Gasteiger charge is 2.17. The largest absolute Gasteiger partial charge is 0.343 e. The van der Waals surface area contributed by atoms with E-state index in [2.05, 4.69) is 6.92 Å². The maximum Gasteiger partial charge on any atom is 0.268 e. The number of hydrogen-bond donors (Lipinski definition) is 0. The molecule has 0 aliphatic rings. The standard InChI is InChI=1S/C22H20N2O2/c1-3-9-16-14-19-20(22(26)24(16)15-10-5-4-6-11-15)21(25)17-12-7-8-13-18(17)23(19)2/h4-8,10-14H,3,9H2,1-2H3. The van der Waals surface area contributed by atoms with Crippen molar-refractivity contribution in [1.29, 1.82) is 0 Å². The number of aryl methyl sites for hydroxylation is 2. The van der Waals surface area contributed by atoms with Crippen LogP contribution in [-0.2, 0) is 13.5 Å². The van der Waals surface area contributed by atoms with Crippen molar-refractivity contribution in [2.75, 3.05) is 0 Å². The molecule has 4 heteroatoms. The second kappa shape index (κ2) is 6.30. The van der Waals surface area contributed by atoms with Crippen LogP contribution in [0.15, 0.2) is 70.3 Å². The van der Waals surface area contributed by atoms with Gasteiger partial charge < -0.3 is 4.57 Å². The number of benzene rings is 2. The normalized spacial score (nSPS) is 11.3. The number of para-hydroxylation sites is 2. The Labute approximate surface area is 150 Å². The van der Waals surface area contributed by atoms with Crippen LogP contribution in [0.3, 0.4) is 0 Å². The number of fused-ring (bicyclic) bond motifs is 2.